The van der Waals surface area contributed by atoms with Crippen molar-refractivity contribution < 1.29 is 17.5 Å². The summed E-state index contributed by atoms with van der Waals surface area (Å²) in [4.78, 5) is 1.93. The predicted molar refractivity (Wildman–Crippen MR) is 116 cm³/mol. The Labute approximate surface area is 173 Å². The molecule has 0 aliphatic rings. The van der Waals surface area contributed by atoms with Crippen molar-refractivity contribution in [1.29, 1.82) is 0 Å². The Kier molecular flexibility index (Phi) is 7.70. The highest BCUT2D eigenvalue weighted by Gasteiger charge is 2.05. The Hall–Kier alpha value is -2.96. The largest absolute Gasteiger partial charge is 0.744 e. The Balaban J connectivity index is 0.000000234. The first-order valence-electron chi connectivity index (χ1n) is 9.09. The van der Waals surface area contributed by atoms with Gasteiger partial charge in [0.25, 0.3) is 0 Å². The Morgan fingerprint density at radius 1 is 0.931 bits per heavy atom. The molecule has 0 unspecified atom stereocenters. The number of hydrogen-bond acceptors (Lipinski definition) is 4. The second kappa shape index (κ2) is 10.0. The quantitative estimate of drug-likeness (QED) is 0.487. The molecule has 0 fully saturated rings. The van der Waals surface area contributed by atoms with Crippen LogP contribution in [0.4, 0.5) is 5.69 Å². The van der Waals surface area contributed by atoms with Crippen molar-refractivity contribution in [3.8, 4) is 0 Å². The fourth-order valence-electron chi connectivity index (χ4n) is 2.47. The Bertz CT molecular complexity index is 1060. The minimum Gasteiger partial charge on any atom is -0.744 e. The molecule has 0 N–H and O–H groups in total. The van der Waals surface area contributed by atoms with Crippen molar-refractivity contribution in [1.82, 2.24) is 0 Å². The summed E-state index contributed by atoms with van der Waals surface area (Å²) in [7, 11) is 1.90. The van der Waals surface area contributed by atoms with Crippen molar-refractivity contribution in [2.45, 2.75) is 11.8 Å². The summed E-state index contributed by atoms with van der Waals surface area (Å²) in [6, 6.07) is 20.4. The van der Waals surface area contributed by atoms with Gasteiger partial charge in [0.05, 0.1) is 4.90 Å². The average Bonchev–Trinajstić information content (AvgIpc) is 2.68. The van der Waals surface area contributed by atoms with E-state index in [0.717, 1.165) is 5.56 Å². The molecule has 29 heavy (non-hydrogen) atoms. The van der Waals surface area contributed by atoms with Gasteiger partial charge in [0.2, 0.25) is 5.69 Å². The second-order valence-corrected chi connectivity index (χ2v) is 8.21. The van der Waals surface area contributed by atoms with Gasteiger partial charge in [-0.1, -0.05) is 48.0 Å². The summed E-state index contributed by atoms with van der Waals surface area (Å²) >= 11 is 0. The van der Waals surface area contributed by atoms with Crippen LogP contribution in [0.25, 0.3) is 12.2 Å². The van der Waals surface area contributed by atoms with E-state index in [1.165, 1.54) is 29.1 Å². The van der Waals surface area contributed by atoms with Gasteiger partial charge in [-0.25, -0.2) is 13.0 Å². The van der Waals surface area contributed by atoms with Gasteiger partial charge < -0.3 is 9.45 Å². The minimum absolute atomic E-state index is 0.178. The Morgan fingerprint density at radius 3 is 2.10 bits per heavy atom. The normalized spacial score (nSPS) is 11.1. The highest BCUT2D eigenvalue weighted by molar-refractivity contribution is 7.85. The summed E-state index contributed by atoms with van der Waals surface area (Å²) in [5.41, 5.74) is 4.54. The molecule has 0 amide bonds. The average molecular weight is 411 g/mol. The number of anilines is 1. The van der Waals surface area contributed by atoms with Crippen LogP contribution in [0.5, 0.6) is 0 Å². The number of rotatable bonds is 4. The lowest BCUT2D eigenvalue weighted by molar-refractivity contribution is -0.673. The number of nitrogens with zero attached hydrogens (tertiary/aromatic N) is 2. The van der Waals surface area contributed by atoms with Crippen LogP contribution in [0.15, 0.2) is 77.8 Å². The lowest BCUT2D eigenvalue weighted by Gasteiger charge is -2.11. The molecule has 0 aliphatic carbocycles. The maximum Gasteiger partial charge on any atom is 0.207 e. The Morgan fingerprint density at radius 2 is 1.55 bits per heavy atom. The van der Waals surface area contributed by atoms with E-state index in [1.54, 1.807) is 12.1 Å². The molecule has 1 aromatic heterocycles. The lowest BCUT2D eigenvalue weighted by atomic mass is 10.2. The summed E-state index contributed by atoms with van der Waals surface area (Å²) < 4.78 is 33.3. The molecular weight excluding hydrogens is 384 g/mol. The van der Waals surface area contributed by atoms with Gasteiger partial charge in [0.1, 0.15) is 17.2 Å². The van der Waals surface area contributed by atoms with Crippen molar-refractivity contribution in [3.05, 3.63) is 89.7 Å². The summed E-state index contributed by atoms with van der Waals surface area (Å²) in [5, 5.41) is 0. The first kappa shape index (κ1) is 22.3. The zero-order chi connectivity index (χ0) is 21.4. The van der Waals surface area contributed by atoms with Crippen molar-refractivity contribution >= 4 is 28.0 Å². The highest BCUT2D eigenvalue weighted by atomic mass is 32.2. The smallest absolute Gasteiger partial charge is 0.207 e. The molecule has 0 saturated heterocycles. The highest BCUT2D eigenvalue weighted by Crippen LogP contribution is 2.12. The monoisotopic (exact) mass is 410 g/mol. The number of pyridine rings is 1. The maximum atomic E-state index is 10.4. The minimum atomic E-state index is -4.27. The first-order valence-corrected chi connectivity index (χ1v) is 10.5. The number of aryl methyl sites for hydroxylation is 2. The van der Waals surface area contributed by atoms with Crippen molar-refractivity contribution in [2.24, 2.45) is 7.05 Å². The van der Waals surface area contributed by atoms with E-state index in [4.69, 9.17) is 0 Å². The van der Waals surface area contributed by atoms with Crippen LogP contribution in [-0.4, -0.2) is 27.1 Å². The van der Waals surface area contributed by atoms with Gasteiger partial charge in [0.15, 0.2) is 6.20 Å². The zero-order valence-electron chi connectivity index (χ0n) is 17.1. The van der Waals surface area contributed by atoms with E-state index in [1.807, 2.05) is 13.0 Å². The summed E-state index contributed by atoms with van der Waals surface area (Å²) in [6.45, 7) is 1.82. The van der Waals surface area contributed by atoms with Gasteiger partial charge >= 0.3 is 0 Å². The fraction of sp³-hybridized carbons (Fsp3) is 0.174. The molecule has 0 saturated carbocycles. The van der Waals surface area contributed by atoms with E-state index in [0.29, 0.717) is 0 Å². The number of benzene rings is 2. The molecule has 152 valence electrons. The van der Waals surface area contributed by atoms with Crippen LogP contribution >= 0.6 is 0 Å². The molecule has 0 radical (unpaired) electrons. The van der Waals surface area contributed by atoms with E-state index in [-0.39, 0.29) is 4.90 Å². The zero-order valence-corrected chi connectivity index (χ0v) is 17.9. The van der Waals surface area contributed by atoms with Crippen LogP contribution < -0.4 is 9.47 Å². The van der Waals surface area contributed by atoms with Gasteiger partial charge in [-0.3, -0.25) is 0 Å². The van der Waals surface area contributed by atoms with Gasteiger partial charge in [-0.2, -0.15) is 0 Å². The topological polar surface area (TPSA) is 64.3 Å². The molecule has 2 aromatic carbocycles. The van der Waals surface area contributed by atoms with Crippen LogP contribution in [0.3, 0.4) is 0 Å². The molecule has 0 bridgehead atoms. The molecule has 5 nitrogen and oxygen atoms in total. The lowest BCUT2D eigenvalue weighted by Crippen LogP contribution is -2.31. The van der Waals surface area contributed by atoms with Crippen molar-refractivity contribution in [3.63, 3.8) is 0 Å². The van der Waals surface area contributed by atoms with Gasteiger partial charge in [0, 0.05) is 38.0 Å². The second-order valence-electron chi connectivity index (χ2n) is 6.83. The molecule has 0 spiro atoms. The fourth-order valence-corrected chi connectivity index (χ4v) is 2.94. The first-order chi connectivity index (χ1) is 13.7. The maximum absolute atomic E-state index is 10.4. The molecular formula is C23H26N2O3S. The molecule has 3 rings (SSSR count). The third-order valence-corrected chi connectivity index (χ3v) is 5.09. The molecule has 0 aliphatic heterocycles. The predicted octanol–water partition coefficient (Wildman–Crippen LogP) is 3.65. The molecule has 1 heterocycles. The molecule has 0 atom stereocenters. The standard InChI is InChI=1S/C16H19N2.C7H8O3S/c1-17(2)15-11-12-18(3)16(13-15)10-9-14-7-5-4-6-8-14;1-6-2-4-7(5-3-6)11(8,9)10/h4-13H,1-3H3;2-5H,1H3,(H,8,9,10)/q+1;/p-1. The van der Waals surface area contributed by atoms with Gasteiger partial charge in [-0.15, -0.1) is 0 Å². The van der Waals surface area contributed by atoms with Crippen LogP contribution in [0.2, 0.25) is 0 Å². The van der Waals surface area contributed by atoms with Crippen LogP contribution in [0.1, 0.15) is 16.8 Å². The van der Waals surface area contributed by atoms with E-state index < -0.39 is 10.1 Å². The molecule has 3 aromatic rings. The van der Waals surface area contributed by atoms with Crippen LogP contribution in [-0.2, 0) is 17.2 Å². The third-order valence-electron chi connectivity index (χ3n) is 4.24. The summed E-state index contributed by atoms with van der Waals surface area (Å²) in [6.07, 6.45) is 6.36. The summed E-state index contributed by atoms with van der Waals surface area (Å²) in [5.74, 6) is 0. The van der Waals surface area contributed by atoms with Gasteiger partial charge in [-0.05, 0) is 30.7 Å². The number of hydrogen-bond donors (Lipinski definition) is 0. The third kappa shape index (κ3) is 7.18. The van der Waals surface area contributed by atoms with Crippen LogP contribution in [0, 0.1) is 6.92 Å². The molecule has 6 heteroatoms. The van der Waals surface area contributed by atoms with E-state index >= 15 is 0 Å². The van der Waals surface area contributed by atoms with E-state index in [2.05, 4.69) is 85.4 Å². The SMILES string of the molecule is CN(C)c1cc[n+](C)c(C=Cc2ccccc2)c1.Cc1ccc(S(=O)(=O)[O-])cc1. The van der Waals surface area contributed by atoms with E-state index in [9.17, 15) is 13.0 Å². The van der Waals surface area contributed by atoms with Crippen molar-refractivity contribution in [2.75, 3.05) is 19.0 Å². The number of aromatic nitrogens is 1.